The molecule has 0 radical (unpaired) electrons. The summed E-state index contributed by atoms with van der Waals surface area (Å²) in [5.74, 6) is 0.367. The van der Waals surface area contributed by atoms with Gasteiger partial charge in [-0.15, -0.1) is 0 Å². The maximum Gasteiger partial charge on any atom is 0.129 e. The van der Waals surface area contributed by atoms with E-state index in [9.17, 15) is 4.39 Å². The fraction of sp³-hybridized carbons (Fsp3) is 0.455. The lowest BCUT2D eigenvalue weighted by molar-refractivity contribution is 0.306. The molecule has 1 aromatic rings. The molecule has 0 aromatic heterocycles. The molecule has 3 heteroatoms. The maximum atomic E-state index is 13.1. The second kappa shape index (κ2) is 5.60. The Bertz CT molecular complexity index is 289. The molecule has 14 heavy (non-hydrogen) atoms. The highest BCUT2D eigenvalue weighted by atomic mass is 19.1. The molecule has 0 bridgehead atoms. The molecule has 0 saturated carbocycles. The molecule has 0 aliphatic carbocycles. The van der Waals surface area contributed by atoms with Crippen molar-refractivity contribution in [3.63, 3.8) is 0 Å². The Balaban J connectivity index is 2.39. The van der Waals surface area contributed by atoms with Crippen molar-refractivity contribution in [3.8, 4) is 5.75 Å². The molecule has 0 aliphatic heterocycles. The quantitative estimate of drug-likeness (QED) is 0.735. The zero-order valence-electron chi connectivity index (χ0n) is 8.42. The predicted molar refractivity (Wildman–Crippen MR) is 54.9 cm³/mol. The number of aryl methyl sites for hydroxylation is 1. The van der Waals surface area contributed by atoms with Gasteiger partial charge >= 0.3 is 0 Å². The van der Waals surface area contributed by atoms with E-state index in [2.05, 4.69) is 0 Å². The van der Waals surface area contributed by atoms with Crippen molar-refractivity contribution in [2.75, 3.05) is 13.2 Å². The Kier molecular flexibility index (Phi) is 4.40. The Morgan fingerprint density at radius 3 is 2.79 bits per heavy atom. The number of ether oxygens (including phenoxy) is 1. The van der Waals surface area contributed by atoms with Gasteiger partial charge in [0.2, 0.25) is 0 Å². The summed E-state index contributed by atoms with van der Waals surface area (Å²) in [5, 5.41) is 0. The minimum Gasteiger partial charge on any atom is -0.493 e. The van der Waals surface area contributed by atoms with Gasteiger partial charge in [-0.05, 0) is 37.9 Å². The zero-order valence-corrected chi connectivity index (χ0v) is 8.42. The summed E-state index contributed by atoms with van der Waals surface area (Å²) >= 11 is 0. The van der Waals surface area contributed by atoms with E-state index in [0.717, 1.165) is 12.8 Å². The van der Waals surface area contributed by atoms with Crippen LogP contribution in [0, 0.1) is 12.7 Å². The summed E-state index contributed by atoms with van der Waals surface area (Å²) in [6, 6.07) is 4.91. The van der Waals surface area contributed by atoms with Crippen LogP contribution in [0.5, 0.6) is 5.75 Å². The smallest absolute Gasteiger partial charge is 0.129 e. The van der Waals surface area contributed by atoms with Crippen molar-refractivity contribution in [3.05, 3.63) is 29.6 Å². The van der Waals surface area contributed by atoms with Crippen molar-refractivity contribution in [1.29, 1.82) is 0 Å². The fourth-order valence-corrected chi connectivity index (χ4v) is 1.10. The lowest BCUT2D eigenvalue weighted by atomic mass is 10.2. The second-order valence-electron chi connectivity index (χ2n) is 3.26. The summed E-state index contributed by atoms with van der Waals surface area (Å²) in [6.45, 7) is 3.00. The molecular weight excluding hydrogens is 181 g/mol. The Labute approximate surface area is 83.9 Å². The van der Waals surface area contributed by atoms with E-state index in [-0.39, 0.29) is 5.82 Å². The Hall–Kier alpha value is -1.09. The molecule has 0 amide bonds. The summed E-state index contributed by atoms with van der Waals surface area (Å²) in [7, 11) is 0. The molecule has 0 fully saturated rings. The van der Waals surface area contributed by atoms with E-state index in [1.165, 1.54) is 6.07 Å². The SMILES string of the molecule is Cc1ccc(OCCCCN)cc1F. The molecule has 1 rings (SSSR count). The van der Waals surface area contributed by atoms with E-state index in [1.54, 1.807) is 19.1 Å². The molecule has 0 saturated heterocycles. The molecule has 0 spiro atoms. The van der Waals surface area contributed by atoms with Gasteiger partial charge in [0.25, 0.3) is 0 Å². The lowest BCUT2D eigenvalue weighted by Crippen LogP contribution is -2.03. The highest BCUT2D eigenvalue weighted by molar-refractivity contribution is 5.27. The van der Waals surface area contributed by atoms with Crippen molar-refractivity contribution >= 4 is 0 Å². The van der Waals surface area contributed by atoms with Crippen LogP contribution < -0.4 is 10.5 Å². The van der Waals surface area contributed by atoms with Gasteiger partial charge in [0.15, 0.2) is 0 Å². The first kappa shape index (κ1) is 11.0. The topological polar surface area (TPSA) is 35.2 Å². The molecule has 0 atom stereocenters. The van der Waals surface area contributed by atoms with E-state index in [4.69, 9.17) is 10.5 Å². The number of unbranched alkanes of at least 4 members (excludes halogenated alkanes) is 1. The van der Waals surface area contributed by atoms with Crippen LogP contribution in [0.1, 0.15) is 18.4 Å². The van der Waals surface area contributed by atoms with Crippen LogP contribution in [0.3, 0.4) is 0 Å². The van der Waals surface area contributed by atoms with Crippen LogP contribution >= 0.6 is 0 Å². The van der Waals surface area contributed by atoms with Crippen molar-refractivity contribution in [2.45, 2.75) is 19.8 Å². The minimum absolute atomic E-state index is 0.221. The van der Waals surface area contributed by atoms with Gasteiger partial charge in [0.1, 0.15) is 11.6 Å². The number of benzene rings is 1. The number of rotatable bonds is 5. The lowest BCUT2D eigenvalue weighted by Gasteiger charge is -2.06. The second-order valence-corrected chi connectivity index (χ2v) is 3.26. The molecule has 1 aromatic carbocycles. The number of hydrogen-bond donors (Lipinski definition) is 1. The van der Waals surface area contributed by atoms with Crippen molar-refractivity contribution in [1.82, 2.24) is 0 Å². The van der Waals surface area contributed by atoms with Gasteiger partial charge in [0, 0.05) is 6.07 Å². The van der Waals surface area contributed by atoms with Gasteiger partial charge in [-0.25, -0.2) is 4.39 Å². The van der Waals surface area contributed by atoms with Gasteiger partial charge in [-0.2, -0.15) is 0 Å². The third-order valence-electron chi connectivity index (χ3n) is 2.01. The summed E-state index contributed by atoms with van der Waals surface area (Å²) in [4.78, 5) is 0. The van der Waals surface area contributed by atoms with Crippen LogP contribution in [0.25, 0.3) is 0 Å². The van der Waals surface area contributed by atoms with E-state index < -0.39 is 0 Å². The van der Waals surface area contributed by atoms with Gasteiger partial charge < -0.3 is 10.5 Å². The molecule has 0 aliphatic rings. The van der Waals surface area contributed by atoms with Crippen molar-refractivity contribution in [2.24, 2.45) is 5.73 Å². The third-order valence-corrected chi connectivity index (χ3v) is 2.01. The van der Waals surface area contributed by atoms with E-state index in [1.807, 2.05) is 0 Å². The van der Waals surface area contributed by atoms with Crippen LogP contribution in [0.15, 0.2) is 18.2 Å². The van der Waals surface area contributed by atoms with Crippen LogP contribution in [-0.2, 0) is 0 Å². The highest BCUT2D eigenvalue weighted by Gasteiger charge is 1.99. The zero-order chi connectivity index (χ0) is 10.4. The third kappa shape index (κ3) is 3.34. The van der Waals surface area contributed by atoms with Crippen molar-refractivity contribution < 1.29 is 9.13 Å². The van der Waals surface area contributed by atoms with Crippen LogP contribution in [0.2, 0.25) is 0 Å². The van der Waals surface area contributed by atoms with Gasteiger partial charge in [-0.3, -0.25) is 0 Å². The van der Waals surface area contributed by atoms with Crippen LogP contribution in [0.4, 0.5) is 4.39 Å². The van der Waals surface area contributed by atoms with E-state index in [0.29, 0.717) is 24.5 Å². The standard InChI is InChI=1S/C11H16FNO/c1-9-4-5-10(8-11(9)12)14-7-3-2-6-13/h4-5,8H,2-3,6-7,13H2,1H3. The Morgan fingerprint density at radius 2 is 2.14 bits per heavy atom. The van der Waals surface area contributed by atoms with Crippen LogP contribution in [-0.4, -0.2) is 13.2 Å². The van der Waals surface area contributed by atoms with Gasteiger partial charge in [0.05, 0.1) is 6.61 Å². The predicted octanol–water partition coefficient (Wildman–Crippen LogP) is 2.25. The Morgan fingerprint density at radius 1 is 1.36 bits per heavy atom. The molecule has 0 heterocycles. The largest absolute Gasteiger partial charge is 0.493 e. The fourth-order valence-electron chi connectivity index (χ4n) is 1.10. The first-order chi connectivity index (χ1) is 6.74. The average Bonchev–Trinajstić information content (AvgIpc) is 2.18. The molecule has 2 nitrogen and oxygen atoms in total. The summed E-state index contributed by atoms with van der Waals surface area (Å²) in [6.07, 6.45) is 1.85. The minimum atomic E-state index is -0.221. The molecule has 2 N–H and O–H groups in total. The number of hydrogen-bond acceptors (Lipinski definition) is 2. The molecule has 78 valence electrons. The first-order valence-electron chi connectivity index (χ1n) is 4.83. The van der Waals surface area contributed by atoms with E-state index >= 15 is 0 Å². The maximum absolute atomic E-state index is 13.1. The normalized spacial score (nSPS) is 10.2. The monoisotopic (exact) mass is 197 g/mol. The number of halogens is 1. The first-order valence-corrected chi connectivity index (χ1v) is 4.83. The number of nitrogens with two attached hydrogens (primary N) is 1. The average molecular weight is 197 g/mol. The summed E-state index contributed by atoms with van der Waals surface area (Å²) in [5.41, 5.74) is 5.97. The summed E-state index contributed by atoms with van der Waals surface area (Å²) < 4.78 is 18.4. The molecular formula is C11H16FNO. The highest BCUT2D eigenvalue weighted by Crippen LogP contribution is 2.15. The van der Waals surface area contributed by atoms with Gasteiger partial charge in [-0.1, -0.05) is 6.07 Å². The molecule has 0 unspecified atom stereocenters.